The Kier molecular flexibility index (Phi) is 3.54. The Bertz CT molecular complexity index is 453. The van der Waals surface area contributed by atoms with Crippen LogP contribution in [0, 0.1) is 23.5 Å². The van der Waals surface area contributed by atoms with Gasteiger partial charge in [-0.2, -0.15) is 0 Å². The zero-order chi connectivity index (χ0) is 13.4. The first-order chi connectivity index (χ1) is 9.15. The van der Waals surface area contributed by atoms with Crippen LogP contribution in [0.2, 0.25) is 0 Å². The Labute approximate surface area is 112 Å². The van der Waals surface area contributed by atoms with Crippen molar-refractivity contribution in [1.82, 2.24) is 4.90 Å². The maximum Gasteiger partial charge on any atom is 0.164 e. The number of β-amino-alcohol motifs (C(OH)–C–C–N with tert-alkyl or cyclic N) is 1. The van der Waals surface area contributed by atoms with Crippen molar-refractivity contribution < 1.29 is 13.9 Å². The van der Waals surface area contributed by atoms with E-state index in [-0.39, 0.29) is 5.56 Å². The van der Waals surface area contributed by atoms with E-state index in [2.05, 4.69) is 4.90 Å². The van der Waals surface area contributed by atoms with E-state index in [0.717, 1.165) is 31.0 Å². The van der Waals surface area contributed by atoms with E-state index in [1.807, 2.05) is 0 Å². The number of aliphatic hydroxyl groups is 1. The van der Waals surface area contributed by atoms with Gasteiger partial charge < -0.3 is 5.11 Å². The van der Waals surface area contributed by atoms with Crippen molar-refractivity contribution in [2.24, 2.45) is 11.8 Å². The van der Waals surface area contributed by atoms with Gasteiger partial charge in [0.15, 0.2) is 11.6 Å². The van der Waals surface area contributed by atoms with Gasteiger partial charge in [0, 0.05) is 25.2 Å². The van der Waals surface area contributed by atoms with Crippen LogP contribution >= 0.6 is 0 Å². The maximum atomic E-state index is 13.6. The molecule has 1 saturated heterocycles. The number of rotatable bonds is 3. The standard InChI is InChI=1S/C15H19F2NO/c16-13-6-2-5-12(15(13)17)14(19)9-18-7-10-3-1-4-11(10)8-18/h2,5-6,10-11,14,19H,1,3-4,7-9H2. The third kappa shape index (κ3) is 2.51. The minimum atomic E-state index is -0.950. The quantitative estimate of drug-likeness (QED) is 0.910. The van der Waals surface area contributed by atoms with E-state index in [1.54, 1.807) is 0 Å². The fourth-order valence-corrected chi connectivity index (χ4v) is 3.60. The summed E-state index contributed by atoms with van der Waals surface area (Å²) in [5.41, 5.74) is 0.0667. The van der Waals surface area contributed by atoms with Crippen molar-refractivity contribution in [1.29, 1.82) is 0 Å². The lowest BCUT2D eigenvalue weighted by molar-refractivity contribution is 0.118. The molecule has 3 unspecified atom stereocenters. The second kappa shape index (κ2) is 5.17. The number of aliphatic hydroxyl groups excluding tert-OH is 1. The molecule has 1 aromatic rings. The average Bonchev–Trinajstić information content (AvgIpc) is 2.93. The van der Waals surface area contributed by atoms with Crippen LogP contribution in [0.1, 0.15) is 30.9 Å². The van der Waals surface area contributed by atoms with Crippen LogP contribution in [-0.2, 0) is 0 Å². The molecule has 1 aliphatic carbocycles. The number of benzene rings is 1. The first kappa shape index (κ1) is 13.0. The molecule has 2 nitrogen and oxygen atoms in total. The van der Waals surface area contributed by atoms with Gasteiger partial charge in [0.25, 0.3) is 0 Å². The Balaban J connectivity index is 1.65. The molecule has 19 heavy (non-hydrogen) atoms. The topological polar surface area (TPSA) is 23.5 Å². The van der Waals surface area contributed by atoms with Gasteiger partial charge in [-0.05, 0) is 30.7 Å². The first-order valence-corrected chi connectivity index (χ1v) is 6.99. The third-order valence-corrected chi connectivity index (χ3v) is 4.57. The molecule has 1 aliphatic heterocycles. The van der Waals surface area contributed by atoms with E-state index in [1.165, 1.54) is 31.4 Å². The van der Waals surface area contributed by atoms with Gasteiger partial charge in [0.2, 0.25) is 0 Å². The molecule has 0 bridgehead atoms. The summed E-state index contributed by atoms with van der Waals surface area (Å²) in [6, 6.07) is 3.97. The Hall–Kier alpha value is -1.00. The molecule has 3 rings (SSSR count). The summed E-state index contributed by atoms with van der Waals surface area (Å²) in [6.07, 6.45) is 2.90. The summed E-state index contributed by atoms with van der Waals surface area (Å²) in [6.45, 7) is 2.37. The number of hydrogen-bond donors (Lipinski definition) is 1. The summed E-state index contributed by atoms with van der Waals surface area (Å²) in [5, 5.41) is 10.1. The molecule has 1 heterocycles. The number of likely N-dealkylation sites (tertiary alicyclic amines) is 1. The molecule has 0 radical (unpaired) electrons. The lowest BCUT2D eigenvalue weighted by Crippen LogP contribution is -2.27. The molecule has 0 aromatic heterocycles. The molecule has 1 saturated carbocycles. The van der Waals surface area contributed by atoms with Crippen LogP contribution in [-0.4, -0.2) is 29.6 Å². The molecule has 2 fully saturated rings. The van der Waals surface area contributed by atoms with Gasteiger partial charge in [0.05, 0.1) is 6.10 Å². The van der Waals surface area contributed by atoms with Crippen LogP contribution in [0.15, 0.2) is 18.2 Å². The molecular weight excluding hydrogens is 248 g/mol. The van der Waals surface area contributed by atoms with Gasteiger partial charge in [-0.15, -0.1) is 0 Å². The van der Waals surface area contributed by atoms with Gasteiger partial charge in [-0.1, -0.05) is 18.6 Å². The number of hydrogen-bond acceptors (Lipinski definition) is 2. The van der Waals surface area contributed by atoms with Crippen molar-refractivity contribution in [3.63, 3.8) is 0 Å². The van der Waals surface area contributed by atoms with Crippen molar-refractivity contribution >= 4 is 0 Å². The van der Waals surface area contributed by atoms with Gasteiger partial charge in [-0.25, -0.2) is 8.78 Å². The van der Waals surface area contributed by atoms with E-state index < -0.39 is 17.7 Å². The van der Waals surface area contributed by atoms with Gasteiger partial charge in [0.1, 0.15) is 0 Å². The SMILES string of the molecule is OC(CN1CC2CCCC2C1)c1cccc(F)c1F. The normalized spacial score (nSPS) is 28.6. The predicted molar refractivity (Wildman–Crippen MR) is 68.6 cm³/mol. The van der Waals surface area contributed by atoms with E-state index in [4.69, 9.17) is 0 Å². The van der Waals surface area contributed by atoms with Gasteiger partial charge >= 0.3 is 0 Å². The van der Waals surface area contributed by atoms with Crippen LogP contribution in [0.3, 0.4) is 0 Å². The van der Waals surface area contributed by atoms with Crippen molar-refractivity contribution in [3.05, 3.63) is 35.4 Å². The molecule has 0 amide bonds. The highest BCUT2D eigenvalue weighted by atomic mass is 19.2. The largest absolute Gasteiger partial charge is 0.387 e. The lowest BCUT2D eigenvalue weighted by atomic mass is 10.0. The van der Waals surface area contributed by atoms with E-state index >= 15 is 0 Å². The maximum absolute atomic E-state index is 13.6. The van der Waals surface area contributed by atoms with Gasteiger partial charge in [-0.3, -0.25) is 4.90 Å². The monoisotopic (exact) mass is 267 g/mol. The number of fused-ring (bicyclic) bond motifs is 1. The highest BCUT2D eigenvalue weighted by molar-refractivity contribution is 5.21. The minimum Gasteiger partial charge on any atom is -0.387 e. The Morgan fingerprint density at radius 3 is 2.58 bits per heavy atom. The van der Waals surface area contributed by atoms with Crippen LogP contribution in [0.4, 0.5) is 8.78 Å². The molecular formula is C15H19F2NO. The summed E-state index contributed by atoms with van der Waals surface area (Å²) in [4.78, 5) is 2.18. The highest BCUT2D eigenvalue weighted by Gasteiger charge is 2.36. The summed E-state index contributed by atoms with van der Waals surface area (Å²) < 4.78 is 26.7. The molecule has 4 heteroatoms. The second-order valence-corrected chi connectivity index (χ2v) is 5.83. The third-order valence-electron chi connectivity index (χ3n) is 4.57. The summed E-state index contributed by atoms with van der Waals surface area (Å²) >= 11 is 0. The predicted octanol–water partition coefficient (Wildman–Crippen LogP) is 2.73. The Morgan fingerprint density at radius 1 is 1.21 bits per heavy atom. The molecule has 1 aromatic carbocycles. The molecule has 104 valence electrons. The van der Waals surface area contributed by atoms with Crippen LogP contribution < -0.4 is 0 Å². The molecule has 3 atom stereocenters. The van der Waals surface area contributed by atoms with E-state index in [9.17, 15) is 13.9 Å². The average molecular weight is 267 g/mol. The number of nitrogens with zero attached hydrogens (tertiary/aromatic N) is 1. The summed E-state index contributed by atoms with van der Waals surface area (Å²) in [5.74, 6) is -0.335. The Morgan fingerprint density at radius 2 is 1.89 bits per heavy atom. The smallest absolute Gasteiger partial charge is 0.164 e. The van der Waals surface area contributed by atoms with Crippen LogP contribution in [0.25, 0.3) is 0 Å². The second-order valence-electron chi connectivity index (χ2n) is 5.83. The van der Waals surface area contributed by atoms with Crippen molar-refractivity contribution in [3.8, 4) is 0 Å². The molecule has 2 aliphatic rings. The first-order valence-electron chi connectivity index (χ1n) is 6.99. The minimum absolute atomic E-state index is 0.0667. The van der Waals surface area contributed by atoms with Crippen molar-refractivity contribution in [2.45, 2.75) is 25.4 Å². The fourth-order valence-electron chi connectivity index (χ4n) is 3.60. The lowest BCUT2D eigenvalue weighted by Gasteiger charge is -2.21. The van der Waals surface area contributed by atoms with Crippen LogP contribution in [0.5, 0.6) is 0 Å². The summed E-state index contributed by atoms with van der Waals surface area (Å²) in [7, 11) is 0. The molecule has 1 N–H and O–H groups in total. The van der Waals surface area contributed by atoms with E-state index in [0.29, 0.717) is 6.54 Å². The molecule has 0 spiro atoms. The zero-order valence-electron chi connectivity index (χ0n) is 10.9. The zero-order valence-corrected chi connectivity index (χ0v) is 10.9. The van der Waals surface area contributed by atoms with Crippen molar-refractivity contribution in [2.75, 3.05) is 19.6 Å². The number of halogens is 2. The highest BCUT2D eigenvalue weighted by Crippen LogP contribution is 2.38. The fraction of sp³-hybridized carbons (Fsp3) is 0.600.